The maximum atomic E-state index is 12.8. The molecule has 0 heterocycles. The summed E-state index contributed by atoms with van der Waals surface area (Å²) in [7, 11) is 1.46. The minimum absolute atomic E-state index is 0.0261. The van der Waals surface area contributed by atoms with Crippen LogP contribution in [0, 0.1) is 0 Å². The van der Waals surface area contributed by atoms with Crippen molar-refractivity contribution >= 4 is 19.8 Å². The second-order valence-corrected chi connectivity index (χ2v) is 20.3. The summed E-state index contributed by atoms with van der Waals surface area (Å²) in [5.41, 5.74) is 0. The van der Waals surface area contributed by atoms with Crippen molar-refractivity contribution in [1.82, 2.24) is 0 Å². The molecule has 0 aromatic heterocycles. The number of carbonyl (C=O) groups excluding carboxylic acids is 2. The van der Waals surface area contributed by atoms with E-state index < -0.39 is 26.5 Å². The van der Waals surface area contributed by atoms with Crippen LogP contribution in [0.2, 0.25) is 0 Å². The van der Waals surface area contributed by atoms with Gasteiger partial charge < -0.3 is 18.9 Å². The Bertz CT molecular complexity index is 1350. The van der Waals surface area contributed by atoms with Gasteiger partial charge in [-0.05, 0) is 83.5 Å². The van der Waals surface area contributed by atoms with E-state index in [1.165, 1.54) is 109 Å². The molecule has 66 heavy (non-hydrogen) atoms. The molecule has 0 amide bonds. The highest BCUT2D eigenvalue weighted by Crippen LogP contribution is 2.43. The monoisotopic (exact) mass is 947 g/mol. The molecule has 0 bridgehead atoms. The van der Waals surface area contributed by atoms with E-state index in [0.717, 1.165) is 77.0 Å². The van der Waals surface area contributed by atoms with Crippen molar-refractivity contribution in [3.05, 3.63) is 72.9 Å². The highest BCUT2D eigenvalue weighted by atomic mass is 31.2. The van der Waals surface area contributed by atoms with Crippen molar-refractivity contribution in [2.24, 2.45) is 0 Å². The number of ether oxygens (including phenoxy) is 2. The van der Waals surface area contributed by atoms with Crippen molar-refractivity contribution in [3.8, 4) is 0 Å². The third kappa shape index (κ3) is 50.9. The quantitative estimate of drug-likeness (QED) is 0.0211. The van der Waals surface area contributed by atoms with Gasteiger partial charge in [-0.1, -0.05) is 196 Å². The number of quaternary nitrogens is 1. The Morgan fingerprint density at radius 3 is 1.30 bits per heavy atom. The minimum Gasteiger partial charge on any atom is -0.462 e. The molecule has 9 nitrogen and oxygen atoms in total. The maximum Gasteiger partial charge on any atom is 0.472 e. The summed E-state index contributed by atoms with van der Waals surface area (Å²) in [6.45, 7) is 4.30. The van der Waals surface area contributed by atoms with Crippen LogP contribution in [0.3, 0.4) is 0 Å². The van der Waals surface area contributed by atoms with Crippen LogP contribution in [0.4, 0.5) is 0 Å². The van der Waals surface area contributed by atoms with E-state index in [4.69, 9.17) is 18.5 Å². The summed E-state index contributed by atoms with van der Waals surface area (Å²) in [4.78, 5) is 35.6. The van der Waals surface area contributed by atoms with Crippen LogP contribution in [0.5, 0.6) is 0 Å². The molecule has 10 heteroatoms. The van der Waals surface area contributed by atoms with Crippen LogP contribution in [-0.2, 0) is 32.7 Å². The van der Waals surface area contributed by atoms with Crippen molar-refractivity contribution in [2.45, 2.75) is 225 Å². The van der Waals surface area contributed by atoms with Gasteiger partial charge in [-0.3, -0.25) is 18.6 Å². The van der Waals surface area contributed by atoms with Crippen LogP contribution in [0.15, 0.2) is 72.9 Å². The Morgan fingerprint density at radius 1 is 0.485 bits per heavy atom. The summed E-state index contributed by atoms with van der Waals surface area (Å²) < 4.78 is 34.5. The molecule has 0 aliphatic carbocycles. The molecule has 0 aromatic rings. The Hall–Kier alpha value is -2.55. The highest BCUT2D eigenvalue weighted by Gasteiger charge is 2.27. The minimum atomic E-state index is -4.39. The molecule has 382 valence electrons. The number of nitrogens with zero attached hydrogens (tertiary/aromatic N) is 1. The fourth-order valence-corrected chi connectivity index (χ4v) is 7.84. The normalized spacial score (nSPS) is 14.0. The van der Waals surface area contributed by atoms with E-state index >= 15 is 0 Å². The third-order valence-electron chi connectivity index (χ3n) is 11.2. The SMILES string of the molecule is CC/C=C\C/C=C\C/C=C\C/C=C\C/C=C\CCCCCCCCCC(=O)OC(COC(=O)CCCCCCCCCCC/C=C\CCCCCCCC)COP(=O)(O)OCC[N+](C)(C)C. The standard InChI is InChI=1S/C56H100NO8P/c1-6-8-10-12-14-16-18-20-22-24-26-27-28-29-31-33-35-37-39-41-43-45-47-49-56(59)65-54(53-64-66(60,61)63-51-50-57(3,4)5)52-62-55(58)48-46-44-42-40-38-36-34-32-30-25-23-21-19-17-15-13-11-9-7-2/h8,10,14,16,20-23,26-27,29,31,54H,6-7,9,11-13,15,17-19,24-25,28,30,32-53H2,1-5H3/p+1/b10-8-,16-14-,22-20-,23-21-,27-26-,31-29-. The number of allylic oxidation sites excluding steroid dienone is 12. The first kappa shape index (κ1) is 63.5. The summed E-state index contributed by atoms with van der Waals surface area (Å²) in [5.74, 6) is -0.813. The lowest BCUT2D eigenvalue weighted by Gasteiger charge is -2.24. The molecule has 0 aliphatic rings. The molecule has 0 aliphatic heterocycles. The zero-order chi connectivity index (χ0) is 48.5. The van der Waals surface area contributed by atoms with Crippen LogP contribution in [0.25, 0.3) is 0 Å². The van der Waals surface area contributed by atoms with E-state index in [2.05, 4.69) is 86.8 Å². The average molecular weight is 947 g/mol. The van der Waals surface area contributed by atoms with Crippen LogP contribution < -0.4 is 0 Å². The van der Waals surface area contributed by atoms with Gasteiger partial charge in [0.05, 0.1) is 27.7 Å². The Kier molecular flexibility index (Phi) is 45.7. The highest BCUT2D eigenvalue weighted by molar-refractivity contribution is 7.47. The molecule has 0 saturated heterocycles. The number of esters is 2. The summed E-state index contributed by atoms with van der Waals surface area (Å²) in [6, 6.07) is 0. The molecule has 2 unspecified atom stereocenters. The molecular formula is C56H101NO8P+. The van der Waals surface area contributed by atoms with Gasteiger partial charge >= 0.3 is 19.8 Å². The number of phosphoric acid groups is 1. The van der Waals surface area contributed by atoms with Gasteiger partial charge in [0.25, 0.3) is 0 Å². The largest absolute Gasteiger partial charge is 0.472 e. The zero-order valence-electron chi connectivity index (χ0n) is 43.2. The van der Waals surface area contributed by atoms with Crippen molar-refractivity contribution in [1.29, 1.82) is 0 Å². The van der Waals surface area contributed by atoms with E-state index in [1.807, 2.05) is 21.1 Å². The summed E-state index contributed by atoms with van der Waals surface area (Å²) in [6.07, 6.45) is 60.9. The Balaban J connectivity index is 4.27. The van der Waals surface area contributed by atoms with Crippen LogP contribution in [0.1, 0.15) is 219 Å². The van der Waals surface area contributed by atoms with Gasteiger partial charge in [0.1, 0.15) is 19.8 Å². The van der Waals surface area contributed by atoms with Gasteiger partial charge in [0.2, 0.25) is 0 Å². The first-order chi connectivity index (χ1) is 32.0. The molecule has 0 rings (SSSR count). The predicted molar refractivity (Wildman–Crippen MR) is 279 cm³/mol. The number of unbranched alkanes of at least 4 members (excludes halogenated alkanes) is 22. The number of hydrogen-bond donors (Lipinski definition) is 1. The Labute approximate surface area is 406 Å². The average Bonchev–Trinajstić information content (AvgIpc) is 3.27. The van der Waals surface area contributed by atoms with Crippen molar-refractivity contribution < 1.29 is 42.1 Å². The zero-order valence-corrected chi connectivity index (χ0v) is 44.1. The van der Waals surface area contributed by atoms with E-state index in [9.17, 15) is 19.0 Å². The van der Waals surface area contributed by atoms with Gasteiger partial charge in [-0.25, -0.2) is 4.57 Å². The topological polar surface area (TPSA) is 108 Å². The third-order valence-corrected chi connectivity index (χ3v) is 12.2. The van der Waals surface area contributed by atoms with Crippen LogP contribution in [-0.4, -0.2) is 74.9 Å². The summed E-state index contributed by atoms with van der Waals surface area (Å²) in [5, 5.41) is 0. The number of rotatable bonds is 48. The van der Waals surface area contributed by atoms with E-state index in [1.54, 1.807) is 0 Å². The lowest BCUT2D eigenvalue weighted by molar-refractivity contribution is -0.870. The second kappa shape index (κ2) is 47.5. The van der Waals surface area contributed by atoms with Gasteiger partial charge in [0.15, 0.2) is 6.10 Å². The molecule has 0 fully saturated rings. The van der Waals surface area contributed by atoms with Crippen molar-refractivity contribution in [3.63, 3.8) is 0 Å². The number of phosphoric ester groups is 1. The second-order valence-electron chi connectivity index (χ2n) is 18.9. The Morgan fingerprint density at radius 2 is 0.864 bits per heavy atom. The van der Waals surface area contributed by atoms with E-state index in [-0.39, 0.29) is 32.0 Å². The van der Waals surface area contributed by atoms with Gasteiger partial charge in [0, 0.05) is 12.8 Å². The van der Waals surface area contributed by atoms with E-state index in [0.29, 0.717) is 17.4 Å². The number of likely N-dealkylation sites (N-methyl/N-ethyl adjacent to an activating group) is 1. The predicted octanol–water partition coefficient (Wildman–Crippen LogP) is 16.1. The smallest absolute Gasteiger partial charge is 0.462 e. The summed E-state index contributed by atoms with van der Waals surface area (Å²) >= 11 is 0. The van der Waals surface area contributed by atoms with Gasteiger partial charge in [-0.2, -0.15) is 0 Å². The molecule has 2 atom stereocenters. The molecular weight excluding hydrogens is 846 g/mol. The number of carbonyl (C=O) groups is 2. The first-order valence-corrected chi connectivity index (χ1v) is 28.2. The number of hydrogen-bond acceptors (Lipinski definition) is 7. The fourth-order valence-electron chi connectivity index (χ4n) is 7.09. The first-order valence-electron chi connectivity index (χ1n) is 26.7. The molecule has 0 radical (unpaired) electrons. The van der Waals surface area contributed by atoms with Crippen LogP contribution >= 0.6 is 7.82 Å². The fraction of sp³-hybridized carbons (Fsp3) is 0.750. The molecule has 0 saturated carbocycles. The molecule has 1 N–H and O–H groups in total. The molecule has 0 aromatic carbocycles. The van der Waals surface area contributed by atoms with Gasteiger partial charge in [-0.15, -0.1) is 0 Å². The lowest BCUT2D eigenvalue weighted by Crippen LogP contribution is -2.37. The lowest BCUT2D eigenvalue weighted by atomic mass is 10.1. The van der Waals surface area contributed by atoms with Crippen molar-refractivity contribution in [2.75, 3.05) is 47.5 Å². The molecule has 0 spiro atoms. The maximum absolute atomic E-state index is 12.8.